The molecule has 0 aliphatic heterocycles. The van der Waals surface area contributed by atoms with Gasteiger partial charge >= 0.3 is 0 Å². The van der Waals surface area contributed by atoms with Crippen molar-refractivity contribution < 1.29 is 4.92 Å². The summed E-state index contributed by atoms with van der Waals surface area (Å²) in [7, 11) is 0. The van der Waals surface area contributed by atoms with Crippen molar-refractivity contribution >= 4 is 22.7 Å². The molecule has 4 nitrogen and oxygen atoms in total. The molecule has 1 unspecified atom stereocenters. The van der Waals surface area contributed by atoms with Crippen molar-refractivity contribution in [2.45, 2.75) is 26.3 Å². The second kappa shape index (κ2) is 5.84. The highest BCUT2D eigenvalue weighted by molar-refractivity contribution is 7.11. The summed E-state index contributed by atoms with van der Waals surface area (Å²) in [6.45, 7) is 4.11. The van der Waals surface area contributed by atoms with Crippen LogP contribution in [0.1, 0.15) is 16.7 Å². The van der Waals surface area contributed by atoms with Gasteiger partial charge < -0.3 is 5.32 Å². The molecule has 2 aromatic rings. The second-order valence-corrected chi connectivity index (χ2v) is 5.91. The minimum absolute atomic E-state index is 0.122. The van der Waals surface area contributed by atoms with Crippen molar-refractivity contribution in [2.24, 2.45) is 0 Å². The highest BCUT2D eigenvalue weighted by Gasteiger charge is 2.14. The lowest BCUT2D eigenvalue weighted by Crippen LogP contribution is -2.18. The van der Waals surface area contributed by atoms with Gasteiger partial charge in [0.15, 0.2) is 0 Å². The SMILES string of the molecule is Cc1ccc(CC(C)Nc2ccccc2[N+](=O)[O-])s1. The first kappa shape index (κ1) is 13.5. The van der Waals surface area contributed by atoms with Crippen LogP contribution in [0.4, 0.5) is 11.4 Å². The van der Waals surface area contributed by atoms with Gasteiger partial charge in [-0.1, -0.05) is 12.1 Å². The lowest BCUT2D eigenvalue weighted by Gasteiger charge is -2.14. The number of para-hydroxylation sites is 2. The van der Waals surface area contributed by atoms with E-state index in [9.17, 15) is 10.1 Å². The Labute approximate surface area is 116 Å². The van der Waals surface area contributed by atoms with Crippen LogP contribution in [0.2, 0.25) is 0 Å². The van der Waals surface area contributed by atoms with Crippen molar-refractivity contribution in [2.75, 3.05) is 5.32 Å². The van der Waals surface area contributed by atoms with Gasteiger partial charge in [-0.05, 0) is 32.0 Å². The molecule has 0 fully saturated rings. The van der Waals surface area contributed by atoms with E-state index < -0.39 is 0 Å². The van der Waals surface area contributed by atoms with Gasteiger partial charge in [0.25, 0.3) is 5.69 Å². The van der Waals surface area contributed by atoms with E-state index in [0.717, 1.165) is 6.42 Å². The molecule has 0 saturated carbocycles. The summed E-state index contributed by atoms with van der Waals surface area (Å²) < 4.78 is 0. The number of nitro benzene ring substituents is 1. The van der Waals surface area contributed by atoms with E-state index in [4.69, 9.17) is 0 Å². The summed E-state index contributed by atoms with van der Waals surface area (Å²) in [6, 6.07) is 11.1. The molecule has 0 aliphatic rings. The fourth-order valence-corrected chi connectivity index (χ4v) is 2.99. The molecule has 19 heavy (non-hydrogen) atoms. The first-order valence-corrected chi connectivity index (χ1v) is 6.93. The predicted molar refractivity (Wildman–Crippen MR) is 78.9 cm³/mol. The smallest absolute Gasteiger partial charge is 0.292 e. The van der Waals surface area contributed by atoms with E-state index >= 15 is 0 Å². The number of anilines is 1. The fraction of sp³-hybridized carbons (Fsp3) is 0.286. The molecule has 0 amide bonds. The number of nitro groups is 1. The molecule has 0 spiro atoms. The van der Waals surface area contributed by atoms with Gasteiger partial charge in [0.05, 0.1) is 4.92 Å². The maximum absolute atomic E-state index is 10.9. The van der Waals surface area contributed by atoms with E-state index in [1.807, 2.05) is 6.92 Å². The lowest BCUT2D eigenvalue weighted by atomic mass is 10.2. The number of hydrogen-bond donors (Lipinski definition) is 1. The maximum Gasteiger partial charge on any atom is 0.292 e. The molecular weight excluding hydrogens is 260 g/mol. The minimum Gasteiger partial charge on any atom is -0.377 e. The molecule has 1 aromatic carbocycles. The quantitative estimate of drug-likeness (QED) is 0.663. The first-order chi connectivity index (χ1) is 9.06. The Morgan fingerprint density at radius 1 is 1.32 bits per heavy atom. The zero-order valence-corrected chi connectivity index (χ0v) is 11.7. The second-order valence-electron chi connectivity index (χ2n) is 4.54. The number of nitrogens with one attached hydrogen (secondary N) is 1. The number of nitrogens with zero attached hydrogens (tertiary/aromatic N) is 1. The molecule has 100 valence electrons. The largest absolute Gasteiger partial charge is 0.377 e. The van der Waals surface area contributed by atoms with Gasteiger partial charge in [0.2, 0.25) is 0 Å². The molecule has 0 radical (unpaired) electrons. The summed E-state index contributed by atoms with van der Waals surface area (Å²) in [6.07, 6.45) is 0.866. The summed E-state index contributed by atoms with van der Waals surface area (Å²) in [5, 5.41) is 14.1. The Morgan fingerprint density at radius 2 is 2.05 bits per heavy atom. The van der Waals surface area contributed by atoms with Crippen molar-refractivity contribution in [3.8, 4) is 0 Å². The Morgan fingerprint density at radius 3 is 2.68 bits per heavy atom. The number of benzene rings is 1. The molecule has 5 heteroatoms. The van der Waals surface area contributed by atoms with Crippen LogP contribution >= 0.6 is 11.3 Å². The zero-order chi connectivity index (χ0) is 13.8. The molecule has 1 N–H and O–H groups in total. The van der Waals surface area contributed by atoms with Gasteiger partial charge in [0, 0.05) is 28.3 Å². The van der Waals surface area contributed by atoms with Crippen LogP contribution in [0.15, 0.2) is 36.4 Å². The van der Waals surface area contributed by atoms with E-state index in [0.29, 0.717) is 5.69 Å². The van der Waals surface area contributed by atoms with Crippen LogP contribution in [-0.2, 0) is 6.42 Å². The highest BCUT2D eigenvalue weighted by Crippen LogP contribution is 2.25. The minimum atomic E-state index is -0.357. The predicted octanol–water partition coefficient (Wildman–Crippen LogP) is 4.01. The van der Waals surface area contributed by atoms with Crippen molar-refractivity contribution in [3.63, 3.8) is 0 Å². The van der Waals surface area contributed by atoms with E-state index in [1.165, 1.54) is 15.8 Å². The molecule has 0 saturated heterocycles. The molecule has 1 heterocycles. The van der Waals surface area contributed by atoms with Crippen LogP contribution in [0.3, 0.4) is 0 Å². The van der Waals surface area contributed by atoms with Crippen LogP contribution in [0.5, 0.6) is 0 Å². The summed E-state index contributed by atoms with van der Waals surface area (Å²) in [5.41, 5.74) is 0.699. The van der Waals surface area contributed by atoms with Gasteiger partial charge in [-0.15, -0.1) is 11.3 Å². The average molecular weight is 276 g/mol. The fourth-order valence-electron chi connectivity index (χ4n) is 1.97. The van der Waals surface area contributed by atoms with Crippen LogP contribution in [0, 0.1) is 17.0 Å². The average Bonchev–Trinajstić information content (AvgIpc) is 2.75. The Hall–Kier alpha value is -1.88. The third kappa shape index (κ3) is 3.54. The Kier molecular flexibility index (Phi) is 4.16. The van der Waals surface area contributed by atoms with Gasteiger partial charge in [-0.25, -0.2) is 0 Å². The van der Waals surface area contributed by atoms with Gasteiger partial charge in [-0.3, -0.25) is 10.1 Å². The summed E-state index contributed by atoms with van der Waals surface area (Å²) in [5.74, 6) is 0. The molecule has 1 atom stereocenters. The number of rotatable bonds is 5. The van der Waals surface area contributed by atoms with Crippen molar-refractivity contribution in [1.29, 1.82) is 0 Å². The highest BCUT2D eigenvalue weighted by atomic mass is 32.1. The molecule has 1 aromatic heterocycles. The standard InChI is InChI=1S/C14H16N2O2S/c1-10(9-12-8-7-11(2)19-12)15-13-5-3-4-6-14(13)16(17)18/h3-8,10,15H,9H2,1-2H3. The van der Waals surface area contributed by atoms with Crippen molar-refractivity contribution in [3.05, 3.63) is 56.3 Å². The monoisotopic (exact) mass is 276 g/mol. The first-order valence-electron chi connectivity index (χ1n) is 6.11. The normalized spacial score (nSPS) is 12.1. The van der Waals surface area contributed by atoms with E-state index in [1.54, 1.807) is 29.5 Å². The van der Waals surface area contributed by atoms with Crippen molar-refractivity contribution in [1.82, 2.24) is 0 Å². The number of aryl methyl sites for hydroxylation is 1. The Balaban J connectivity index is 2.06. The van der Waals surface area contributed by atoms with Crippen LogP contribution in [0.25, 0.3) is 0 Å². The Bertz CT molecular complexity index is 580. The van der Waals surface area contributed by atoms with Gasteiger partial charge in [0.1, 0.15) is 5.69 Å². The van der Waals surface area contributed by atoms with Crippen LogP contribution < -0.4 is 5.32 Å². The molecule has 2 rings (SSSR count). The molecule has 0 aliphatic carbocycles. The maximum atomic E-state index is 10.9. The molecule has 0 bridgehead atoms. The topological polar surface area (TPSA) is 55.2 Å². The summed E-state index contributed by atoms with van der Waals surface area (Å²) in [4.78, 5) is 13.1. The summed E-state index contributed by atoms with van der Waals surface area (Å²) >= 11 is 1.76. The van der Waals surface area contributed by atoms with Gasteiger partial charge in [-0.2, -0.15) is 0 Å². The third-order valence-electron chi connectivity index (χ3n) is 2.81. The van der Waals surface area contributed by atoms with E-state index in [-0.39, 0.29) is 16.7 Å². The number of thiophene rings is 1. The lowest BCUT2D eigenvalue weighted by molar-refractivity contribution is -0.384. The zero-order valence-electron chi connectivity index (χ0n) is 10.9. The van der Waals surface area contributed by atoms with Crippen LogP contribution in [-0.4, -0.2) is 11.0 Å². The number of hydrogen-bond acceptors (Lipinski definition) is 4. The van der Waals surface area contributed by atoms with E-state index in [2.05, 4.69) is 24.4 Å². The third-order valence-corrected chi connectivity index (χ3v) is 3.83. The molecular formula is C14H16N2O2S.